The van der Waals surface area contributed by atoms with Gasteiger partial charge >= 0.3 is 0 Å². The lowest BCUT2D eigenvalue weighted by Crippen LogP contribution is -2.39. The van der Waals surface area contributed by atoms with Crippen LogP contribution in [-0.2, 0) is 11.2 Å². The van der Waals surface area contributed by atoms with Gasteiger partial charge in [-0.05, 0) is 57.8 Å². The molecule has 2 aromatic heterocycles. The average molecular weight is 404 g/mol. The molecule has 3 rings (SSSR count). The van der Waals surface area contributed by atoms with Crippen molar-refractivity contribution in [1.82, 2.24) is 15.2 Å². The Morgan fingerprint density at radius 2 is 2.08 bits per heavy atom. The second-order valence-electron chi connectivity index (χ2n) is 6.39. The summed E-state index contributed by atoms with van der Waals surface area (Å²) >= 11 is 0. The fraction of sp³-hybridized carbons (Fsp3) is 0.556. The highest BCUT2D eigenvalue weighted by Gasteiger charge is 2.24. The van der Waals surface area contributed by atoms with Crippen LogP contribution in [-0.4, -0.2) is 42.5 Å². The zero-order chi connectivity index (χ0) is 16.9. The van der Waals surface area contributed by atoms with Gasteiger partial charge in [-0.3, -0.25) is 4.79 Å². The topological polar surface area (TPSA) is 71.5 Å². The second kappa shape index (κ2) is 10.6. The highest BCUT2D eigenvalue weighted by Crippen LogP contribution is 2.24. The van der Waals surface area contributed by atoms with Gasteiger partial charge < -0.3 is 19.1 Å². The largest absolute Gasteiger partial charge is 0.459 e. The van der Waals surface area contributed by atoms with Gasteiger partial charge in [-0.2, -0.15) is 0 Å². The van der Waals surface area contributed by atoms with E-state index in [1.165, 1.54) is 6.42 Å². The third kappa shape index (κ3) is 5.50. The highest BCUT2D eigenvalue weighted by molar-refractivity contribution is 5.85. The smallest absolute Gasteiger partial charge is 0.263 e. The zero-order valence-electron chi connectivity index (χ0n) is 15.2. The summed E-state index contributed by atoms with van der Waals surface area (Å²) in [7, 11) is 1.98. The van der Waals surface area contributed by atoms with E-state index >= 15 is 0 Å². The number of oxazole rings is 1. The zero-order valence-corrected chi connectivity index (χ0v) is 16.8. The molecule has 0 aromatic carbocycles. The predicted molar refractivity (Wildman–Crippen MR) is 105 cm³/mol. The number of likely N-dealkylation sites (tertiary alicyclic amines) is 1. The van der Waals surface area contributed by atoms with Gasteiger partial charge in [0.25, 0.3) is 5.89 Å². The first-order valence-corrected chi connectivity index (χ1v) is 8.60. The maximum Gasteiger partial charge on any atom is 0.263 e. The maximum absolute atomic E-state index is 12.5. The van der Waals surface area contributed by atoms with Crippen molar-refractivity contribution in [2.75, 3.05) is 26.7 Å². The number of amides is 1. The van der Waals surface area contributed by atoms with Gasteiger partial charge in [0.05, 0.1) is 18.4 Å². The van der Waals surface area contributed by atoms with Gasteiger partial charge in [-0.15, -0.1) is 24.8 Å². The first-order valence-electron chi connectivity index (χ1n) is 8.60. The van der Waals surface area contributed by atoms with E-state index in [-0.39, 0.29) is 37.1 Å². The number of rotatable bonds is 6. The third-order valence-corrected chi connectivity index (χ3v) is 4.71. The van der Waals surface area contributed by atoms with E-state index in [9.17, 15) is 4.79 Å². The number of aryl methyl sites for hydroxylation is 1. The van der Waals surface area contributed by atoms with Crippen molar-refractivity contribution in [2.45, 2.75) is 32.6 Å². The lowest BCUT2D eigenvalue weighted by Gasteiger charge is -2.32. The fourth-order valence-electron chi connectivity index (χ4n) is 3.17. The minimum Gasteiger partial charge on any atom is -0.459 e. The number of hydrogen-bond acceptors (Lipinski definition) is 5. The Morgan fingerprint density at radius 3 is 2.69 bits per heavy atom. The minimum absolute atomic E-state index is 0. The predicted octanol–water partition coefficient (Wildman–Crippen LogP) is 3.48. The summed E-state index contributed by atoms with van der Waals surface area (Å²) in [4.78, 5) is 18.9. The van der Waals surface area contributed by atoms with Crippen LogP contribution in [0.4, 0.5) is 0 Å². The normalized spacial score (nSPS) is 14.6. The van der Waals surface area contributed by atoms with E-state index in [0.29, 0.717) is 23.1 Å². The highest BCUT2D eigenvalue weighted by atomic mass is 35.5. The summed E-state index contributed by atoms with van der Waals surface area (Å²) in [6.45, 7) is 4.57. The molecule has 1 N–H and O–H groups in total. The Bertz CT molecular complexity index is 665. The van der Waals surface area contributed by atoms with E-state index in [1.807, 2.05) is 18.9 Å². The number of carbonyl (C=O) groups excluding carboxylic acids is 1. The maximum atomic E-state index is 12.5. The van der Waals surface area contributed by atoms with Crippen molar-refractivity contribution in [3.8, 4) is 11.7 Å². The molecule has 1 amide bonds. The van der Waals surface area contributed by atoms with Crippen LogP contribution in [0.25, 0.3) is 11.7 Å². The molecule has 0 unspecified atom stereocenters. The summed E-state index contributed by atoms with van der Waals surface area (Å²) in [5.74, 6) is 2.55. The summed E-state index contributed by atoms with van der Waals surface area (Å²) in [5, 5.41) is 3.19. The molecule has 1 aliphatic heterocycles. The van der Waals surface area contributed by atoms with Crippen molar-refractivity contribution >= 4 is 30.7 Å². The molecule has 0 saturated carbocycles. The molecule has 6 nitrogen and oxygen atoms in total. The summed E-state index contributed by atoms with van der Waals surface area (Å²) in [6, 6.07) is 3.59. The van der Waals surface area contributed by atoms with Crippen molar-refractivity contribution in [3.63, 3.8) is 0 Å². The fourth-order valence-corrected chi connectivity index (χ4v) is 3.17. The number of nitrogens with one attached hydrogen (secondary N) is 1. The Morgan fingerprint density at radius 1 is 1.35 bits per heavy atom. The van der Waals surface area contributed by atoms with Crippen LogP contribution in [0.15, 0.2) is 27.2 Å². The molecule has 0 aliphatic carbocycles. The number of carbonyl (C=O) groups is 1. The number of furan rings is 1. The standard InChI is InChI=1S/C18H25N3O3.2ClH/c1-13-15(20-18(24-13)16-4-3-11-23-16)12-17(22)21-9-6-14(7-10-21)5-8-19-2;;/h3-4,11,14,19H,5-10,12H2,1-2H3;2*1H. The minimum atomic E-state index is 0. The third-order valence-electron chi connectivity index (χ3n) is 4.71. The van der Waals surface area contributed by atoms with Crippen LogP contribution in [0.2, 0.25) is 0 Å². The summed E-state index contributed by atoms with van der Waals surface area (Å²) in [5.41, 5.74) is 0.698. The van der Waals surface area contributed by atoms with E-state index in [4.69, 9.17) is 8.83 Å². The molecule has 1 fully saturated rings. The van der Waals surface area contributed by atoms with Gasteiger partial charge in [0.2, 0.25) is 5.91 Å². The van der Waals surface area contributed by atoms with Crippen LogP contribution in [0.5, 0.6) is 0 Å². The number of aromatic nitrogens is 1. The van der Waals surface area contributed by atoms with E-state index in [0.717, 1.165) is 38.4 Å². The number of piperidine rings is 1. The van der Waals surface area contributed by atoms with Crippen LogP contribution < -0.4 is 5.32 Å². The number of hydrogen-bond donors (Lipinski definition) is 1. The molecule has 3 heterocycles. The van der Waals surface area contributed by atoms with Crippen LogP contribution in [0, 0.1) is 12.8 Å². The van der Waals surface area contributed by atoms with Crippen LogP contribution in [0.3, 0.4) is 0 Å². The van der Waals surface area contributed by atoms with Gasteiger partial charge in [0.1, 0.15) is 5.76 Å². The quantitative estimate of drug-likeness (QED) is 0.798. The van der Waals surface area contributed by atoms with Crippen molar-refractivity contribution in [2.24, 2.45) is 5.92 Å². The van der Waals surface area contributed by atoms with Crippen molar-refractivity contribution in [3.05, 3.63) is 29.9 Å². The molecule has 0 bridgehead atoms. The molecular formula is C18H27Cl2N3O3. The SMILES string of the molecule is CNCCC1CCN(C(=O)Cc2nc(-c3ccco3)oc2C)CC1.Cl.Cl. The first kappa shape index (κ1) is 22.5. The second-order valence-corrected chi connectivity index (χ2v) is 6.39. The molecular weight excluding hydrogens is 377 g/mol. The van der Waals surface area contributed by atoms with E-state index in [1.54, 1.807) is 18.4 Å². The number of halogens is 2. The van der Waals surface area contributed by atoms with Gasteiger partial charge in [-0.25, -0.2) is 4.98 Å². The van der Waals surface area contributed by atoms with Gasteiger partial charge in [-0.1, -0.05) is 0 Å². The monoisotopic (exact) mass is 403 g/mol. The Hall–Kier alpha value is -1.50. The van der Waals surface area contributed by atoms with E-state index in [2.05, 4.69) is 10.3 Å². The molecule has 1 saturated heterocycles. The Kier molecular flexibility index (Phi) is 9.19. The van der Waals surface area contributed by atoms with Crippen molar-refractivity contribution in [1.29, 1.82) is 0 Å². The van der Waals surface area contributed by atoms with Crippen LogP contribution >= 0.6 is 24.8 Å². The molecule has 2 aromatic rings. The molecule has 0 atom stereocenters. The number of nitrogens with zero attached hydrogens (tertiary/aromatic N) is 2. The summed E-state index contributed by atoms with van der Waals surface area (Å²) < 4.78 is 10.9. The Balaban J connectivity index is 0.00000169. The lowest BCUT2D eigenvalue weighted by molar-refractivity contribution is -0.131. The first-order chi connectivity index (χ1) is 11.7. The van der Waals surface area contributed by atoms with Gasteiger partial charge in [0.15, 0.2) is 5.76 Å². The summed E-state index contributed by atoms with van der Waals surface area (Å²) in [6.07, 6.45) is 5.23. The van der Waals surface area contributed by atoms with Crippen LogP contribution in [0.1, 0.15) is 30.7 Å². The molecule has 8 heteroatoms. The van der Waals surface area contributed by atoms with Crippen molar-refractivity contribution < 1.29 is 13.6 Å². The lowest BCUT2D eigenvalue weighted by atomic mass is 9.93. The molecule has 1 aliphatic rings. The average Bonchev–Trinajstić information content (AvgIpc) is 3.24. The molecule has 0 spiro atoms. The molecule has 146 valence electrons. The van der Waals surface area contributed by atoms with E-state index < -0.39 is 0 Å². The Labute approximate surface area is 166 Å². The van der Waals surface area contributed by atoms with Gasteiger partial charge in [0, 0.05) is 13.1 Å². The molecule has 26 heavy (non-hydrogen) atoms. The molecule has 0 radical (unpaired) electrons.